The minimum absolute atomic E-state index is 0.0875. The van der Waals surface area contributed by atoms with Crippen LogP contribution in [0.4, 0.5) is 11.4 Å². The Morgan fingerprint density at radius 3 is 1.88 bits per heavy atom. The zero-order chi connectivity index (χ0) is 17.7. The molecule has 0 radical (unpaired) electrons. The van der Waals surface area contributed by atoms with E-state index >= 15 is 0 Å². The first-order valence-corrected chi connectivity index (χ1v) is 6.79. The number of hydrogen-bond donors (Lipinski definition) is 4. The van der Waals surface area contributed by atoms with E-state index in [1.165, 1.54) is 36.4 Å². The van der Waals surface area contributed by atoms with Crippen LogP contribution in [0.1, 0.15) is 20.7 Å². The summed E-state index contributed by atoms with van der Waals surface area (Å²) >= 11 is 0. The van der Waals surface area contributed by atoms with Crippen molar-refractivity contribution in [1.29, 1.82) is 0 Å². The maximum Gasteiger partial charge on any atom is 0.314 e. The SMILES string of the molecule is NC(=O)c1ccc(NC(=O)C(=O)Nc2ccccc2C(N)=O)cc1. The third-order valence-electron chi connectivity index (χ3n) is 3.07. The lowest BCUT2D eigenvalue weighted by Gasteiger charge is -2.09. The van der Waals surface area contributed by atoms with Gasteiger partial charge in [0.1, 0.15) is 0 Å². The van der Waals surface area contributed by atoms with Crippen LogP contribution in [0.5, 0.6) is 0 Å². The van der Waals surface area contributed by atoms with Gasteiger partial charge in [0, 0.05) is 11.3 Å². The van der Waals surface area contributed by atoms with Crippen molar-refractivity contribution in [3.8, 4) is 0 Å². The van der Waals surface area contributed by atoms with E-state index < -0.39 is 23.6 Å². The van der Waals surface area contributed by atoms with Crippen molar-refractivity contribution in [2.24, 2.45) is 11.5 Å². The summed E-state index contributed by atoms with van der Waals surface area (Å²) in [7, 11) is 0. The predicted octanol–water partition coefficient (Wildman–Crippen LogP) is 0.462. The number of nitrogens with two attached hydrogens (primary N) is 2. The van der Waals surface area contributed by atoms with Crippen LogP contribution in [0, 0.1) is 0 Å². The highest BCUT2D eigenvalue weighted by Crippen LogP contribution is 2.14. The minimum atomic E-state index is -0.970. The van der Waals surface area contributed by atoms with E-state index in [1.54, 1.807) is 12.1 Å². The second-order valence-corrected chi connectivity index (χ2v) is 4.76. The highest BCUT2D eigenvalue weighted by Gasteiger charge is 2.17. The van der Waals surface area contributed by atoms with Gasteiger partial charge in [-0.3, -0.25) is 19.2 Å². The molecule has 0 aliphatic rings. The van der Waals surface area contributed by atoms with Crippen LogP contribution in [0.25, 0.3) is 0 Å². The molecule has 0 heterocycles. The van der Waals surface area contributed by atoms with Gasteiger partial charge in [-0.15, -0.1) is 0 Å². The first-order chi connectivity index (χ1) is 11.4. The topological polar surface area (TPSA) is 144 Å². The van der Waals surface area contributed by atoms with Crippen molar-refractivity contribution in [3.05, 3.63) is 59.7 Å². The van der Waals surface area contributed by atoms with Crippen LogP contribution in [-0.4, -0.2) is 23.6 Å². The first-order valence-electron chi connectivity index (χ1n) is 6.79. The van der Waals surface area contributed by atoms with Gasteiger partial charge < -0.3 is 22.1 Å². The average Bonchev–Trinajstić information content (AvgIpc) is 2.55. The van der Waals surface area contributed by atoms with E-state index in [1.807, 2.05) is 0 Å². The summed E-state index contributed by atoms with van der Waals surface area (Å²) in [5.41, 5.74) is 11.1. The van der Waals surface area contributed by atoms with Gasteiger partial charge in [0.2, 0.25) is 5.91 Å². The van der Waals surface area contributed by atoms with Gasteiger partial charge in [0.05, 0.1) is 11.3 Å². The largest absolute Gasteiger partial charge is 0.366 e. The molecule has 2 rings (SSSR count). The second kappa shape index (κ2) is 7.05. The van der Waals surface area contributed by atoms with E-state index in [-0.39, 0.29) is 16.8 Å². The van der Waals surface area contributed by atoms with E-state index in [4.69, 9.17) is 11.5 Å². The number of nitrogens with one attached hydrogen (secondary N) is 2. The van der Waals surface area contributed by atoms with Crippen molar-refractivity contribution in [2.75, 3.05) is 10.6 Å². The van der Waals surface area contributed by atoms with Crippen LogP contribution < -0.4 is 22.1 Å². The highest BCUT2D eigenvalue weighted by molar-refractivity contribution is 6.44. The van der Waals surface area contributed by atoms with Crippen LogP contribution in [-0.2, 0) is 9.59 Å². The van der Waals surface area contributed by atoms with Gasteiger partial charge in [0.25, 0.3) is 5.91 Å². The number of para-hydroxylation sites is 1. The average molecular weight is 326 g/mol. The first kappa shape index (κ1) is 16.7. The van der Waals surface area contributed by atoms with Crippen molar-refractivity contribution < 1.29 is 19.2 Å². The Balaban J connectivity index is 2.06. The lowest BCUT2D eigenvalue weighted by Crippen LogP contribution is -2.30. The summed E-state index contributed by atoms with van der Waals surface area (Å²) in [5.74, 6) is -3.24. The normalized spacial score (nSPS) is 9.83. The Morgan fingerprint density at radius 1 is 0.708 bits per heavy atom. The van der Waals surface area contributed by atoms with Crippen LogP contribution in [0.15, 0.2) is 48.5 Å². The number of carbonyl (C=O) groups is 4. The lowest BCUT2D eigenvalue weighted by atomic mass is 10.1. The number of rotatable bonds is 4. The van der Waals surface area contributed by atoms with Crippen molar-refractivity contribution in [1.82, 2.24) is 0 Å². The van der Waals surface area contributed by atoms with Crippen molar-refractivity contribution in [2.45, 2.75) is 0 Å². The van der Waals surface area contributed by atoms with Gasteiger partial charge in [0.15, 0.2) is 0 Å². The minimum Gasteiger partial charge on any atom is -0.366 e. The monoisotopic (exact) mass is 326 g/mol. The molecule has 8 nitrogen and oxygen atoms in total. The quantitative estimate of drug-likeness (QED) is 0.605. The summed E-state index contributed by atoms with van der Waals surface area (Å²) in [6.45, 7) is 0. The van der Waals surface area contributed by atoms with E-state index in [9.17, 15) is 19.2 Å². The van der Waals surface area contributed by atoms with Crippen molar-refractivity contribution >= 4 is 35.0 Å². The number of benzene rings is 2. The molecule has 0 saturated carbocycles. The van der Waals surface area contributed by atoms with Crippen LogP contribution >= 0.6 is 0 Å². The maximum absolute atomic E-state index is 11.9. The molecule has 2 aromatic carbocycles. The molecule has 0 unspecified atom stereocenters. The Hall–Kier alpha value is -3.68. The molecule has 24 heavy (non-hydrogen) atoms. The zero-order valence-corrected chi connectivity index (χ0v) is 12.4. The molecule has 0 spiro atoms. The molecule has 0 bridgehead atoms. The number of hydrogen-bond acceptors (Lipinski definition) is 4. The zero-order valence-electron chi connectivity index (χ0n) is 12.4. The Kier molecular flexibility index (Phi) is 4.90. The Labute approximate surface area is 136 Å². The summed E-state index contributed by atoms with van der Waals surface area (Å²) in [4.78, 5) is 46.1. The number of primary amides is 2. The fourth-order valence-electron chi connectivity index (χ4n) is 1.89. The molecule has 4 amide bonds. The molecule has 0 saturated heterocycles. The molecule has 0 aliphatic carbocycles. The Bertz CT molecular complexity index is 815. The smallest absolute Gasteiger partial charge is 0.314 e. The molecule has 6 N–H and O–H groups in total. The molecular weight excluding hydrogens is 312 g/mol. The van der Waals surface area contributed by atoms with Gasteiger partial charge in [-0.05, 0) is 36.4 Å². The third kappa shape index (κ3) is 3.95. The second-order valence-electron chi connectivity index (χ2n) is 4.76. The summed E-state index contributed by atoms with van der Waals surface area (Å²) in [6.07, 6.45) is 0. The predicted molar refractivity (Wildman–Crippen MR) is 87.2 cm³/mol. The highest BCUT2D eigenvalue weighted by atomic mass is 16.2. The van der Waals surface area contributed by atoms with Gasteiger partial charge in [-0.2, -0.15) is 0 Å². The summed E-state index contributed by atoms with van der Waals surface area (Å²) < 4.78 is 0. The Morgan fingerprint density at radius 2 is 1.29 bits per heavy atom. The van der Waals surface area contributed by atoms with E-state index in [0.29, 0.717) is 5.69 Å². The molecule has 8 heteroatoms. The lowest BCUT2D eigenvalue weighted by molar-refractivity contribution is -0.133. The number of amides is 4. The third-order valence-corrected chi connectivity index (χ3v) is 3.07. The van der Waals surface area contributed by atoms with Crippen LogP contribution in [0.2, 0.25) is 0 Å². The van der Waals surface area contributed by atoms with Crippen molar-refractivity contribution in [3.63, 3.8) is 0 Å². The molecular formula is C16H14N4O4. The summed E-state index contributed by atoms with van der Waals surface area (Å²) in [5, 5.41) is 4.67. The van der Waals surface area contributed by atoms with E-state index in [2.05, 4.69) is 10.6 Å². The maximum atomic E-state index is 11.9. The van der Waals surface area contributed by atoms with Gasteiger partial charge in [-0.25, -0.2) is 0 Å². The number of anilines is 2. The van der Waals surface area contributed by atoms with E-state index in [0.717, 1.165) is 0 Å². The molecule has 0 atom stereocenters. The molecule has 0 fully saturated rings. The molecule has 0 aromatic heterocycles. The number of carbonyl (C=O) groups excluding carboxylic acids is 4. The fourth-order valence-corrected chi connectivity index (χ4v) is 1.89. The molecule has 122 valence electrons. The van der Waals surface area contributed by atoms with Gasteiger partial charge in [-0.1, -0.05) is 12.1 Å². The van der Waals surface area contributed by atoms with Crippen LogP contribution in [0.3, 0.4) is 0 Å². The molecule has 0 aliphatic heterocycles. The standard InChI is InChI=1S/C16H14N4O4/c17-13(21)9-5-7-10(8-6-9)19-15(23)16(24)20-12-4-2-1-3-11(12)14(18)22/h1-8H,(H2,17,21)(H2,18,22)(H,19,23)(H,20,24). The van der Waals surface area contributed by atoms with Gasteiger partial charge >= 0.3 is 11.8 Å². The fraction of sp³-hybridized carbons (Fsp3) is 0. The summed E-state index contributed by atoms with van der Waals surface area (Å²) in [6, 6.07) is 11.7. The molecule has 2 aromatic rings.